The average molecular weight is 339 g/mol. The molecular weight excluding hydrogens is 328 g/mol. The highest BCUT2D eigenvalue weighted by Crippen LogP contribution is 2.24. The lowest BCUT2D eigenvalue weighted by Gasteiger charge is -2.00. The quantitative estimate of drug-likeness (QED) is 0.451. The molecule has 0 radical (unpaired) electrons. The van der Waals surface area contributed by atoms with E-state index in [1.165, 1.54) is 18.2 Å². The normalized spacial score (nSPS) is 10.2. The molecule has 6 nitrogen and oxygen atoms in total. The van der Waals surface area contributed by atoms with Crippen LogP contribution in [-0.2, 0) is 9.53 Å². The van der Waals surface area contributed by atoms with Gasteiger partial charge in [-0.15, -0.1) is 0 Å². The molecule has 7 heteroatoms. The number of esters is 1. The minimum absolute atomic E-state index is 0.0114. The minimum Gasteiger partial charge on any atom is -0.461 e. The van der Waals surface area contributed by atoms with Crippen molar-refractivity contribution in [2.75, 3.05) is 6.61 Å². The molecule has 0 aliphatic rings. The van der Waals surface area contributed by atoms with Crippen molar-refractivity contribution >= 4 is 33.7 Å². The molecule has 0 heterocycles. The zero-order chi connectivity index (χ0) is 15.0. The molecule has 0 unspecified atom stereocenters. The first kappa shape index (κ1) is 15.9. The van der Waals surface area contributed by atoms with Crippen LogP contribution in [0.5, 0.6) is 0 Å². The van der Waals surface area contributed by atoms with Gasteiger partial charge in [-0.25, -0.2) is 0 Å². The molecule has 0 saturated carbocycles. The van der Waals surface area contributed by atoms with Crippen LogP contribution >= 0.6 is 15.9 Å². The summed E-state index contributed by atoms with van der Waals surface area (Å²) in [7, 11) is 0. The number of nitro benzene ring substituents is 1. The second-order valence-corrected chi connectivity index (χ2v) is 4.62. The predicted molar refractivity (Wildman–Crippen MR) is 75.6 cm³/mol. The molecular formula is C13H11BrN2O4. The third-order valence-electron chi connectivity index (χ3n) is 2.27. The van der Waals surface area contributed by atoms with Gasteiger partial charge in [0.2, 0.25) is 0 Å². The van der Waals surface area contributed by atoms with Gasteiger partial charge in [-0.1, -0.05) is 15.9 Å². The maximum atomic E-state index is 11.1. The van der Waals surface area contributed by atoms with Crippen LogP contribution in [0.4, 0.5) is 5.69 Å². The number of nitro groups is 1. The Balaban J connectivity index is 2.61. The smallest absolute Gasteiger partial charge is 0.307 e. The van der Waals surface area contributed by atoms with E-state index in [-0.39, 0.29) is 25.1 Å². The van der Waals surface area contributed by atoms with Crippen molar-refractivity contribution in [1.82, 2.24) is 0 Å². The van der Waals surface area contributed by atoms with Crippen molar-refractivity contribution in [1.29, 1.82) is 5.26 Å². The van der Waals surface area contributed by atoms with Crippen LogP contribution in [0.2, 0.25) is 0 Å². The highest BCUT2D eigenvalue weighted by atomic mass is 79.9. The zero-order valence-corrected chi connectivity index (χ0v) is 12.0. The van der Waals surface area contributed by atoms with Gasteiger partial charge >= 0.3 is 5.97 Å². The first-order chi connectivity index (χ1) is 9.54. The lowest BCUT2D eigenvalue weighted by molar-refractivity contribution is -0.385. The van der Waals surface area contributed by atoms with Gasteiger partial charge in [0, 0.05) is 17.0 Å². The molecule has 1 aromatic carbocycles. The first-order valence-corrected chi connectivity index (χ1v) is 6.47. The molecule has 0 saturated heterocycles. The zero-order valence-electron chi connectivity index (χ0n) is 10.4. The molecule has 0 aliphatic carbocycles. The molecule has 0 amide bonds. The number of nitrogens with zero attached hydrogens (tertiary/aromatic N) is 2. The molecule has 0 atom stereocenters. The van der Waals surface area contributed by atoms with Gasteiger partial charge in [0.25, 0.3) is 5.69 Å². The van der Waals surface area contributed by atoms with Gasteiger partial charge in [0.1, 0.15) is 6.61 Å². The van der Waals surface area contributed by atoms with E-state index in [1.54, 1.807) is 12.1 Å². The van der Waals surface area contributed by atoms with Crippen LogP contribution in [0, 0.1) is 21.4 Å². The Morgan fingerprint density at radius 1 is 1.55 bits per heavy atom. The predicted octanol–water partition coefficient (Wildman–Crippen LogP) is 3.22. The van der Waals surface area contributed by atoms with E-state index in [0.29, 0.717) is 10.0 Å². The van der Waals surface area contributed by atoms with Gasteiger partial charge in [-0.05, 0) is 24.3 Å². The van der Waals surface area contributed by atoms with Gasteiger partial charge in [-0.2, -0.15) is 5.26 Å². The Kier molecular flexibility index (Phi) is 6.40. The summed E-state index contributed by atoms with van der Waals surface area (Å²) in [5, 5.41) is 19.2. The minimum atomic E-state index is -0.483. The lowest BCUT2D eigenvalue weighted by atomic mass is 10.1. The molecule has 0 bridgehead atoms. The number of hydrogen-bond donors (Lipinski definition) is 0. The summed E-state index contributed by atoms with van der Waals surface area (Å²) in [4.78, 5) is 21.5. The standard InChI is InChI=1S/C13H11BrN2O4/c14-11-6-5-10(12(9-11)16(18)19)3-2-8-20-13(17)4-1-7-15/h2-3,5-6,9H,1,4,8H2. The number of ether oxygens (including phenoxy) is 1. The SMILES string of the molecule is N#CCCC(=O)OCC=Cc1ccc(Br)cc1[N+](=O)[O-]. The van der Waals surface area contributed by atoms with Crippen LogP contribution in [0.25, 0.3) is 6.08 Å². The van der Waals surface area contributed by atoms with Crippen molar-refractivity contribution in [2.24, 2.45) is 0 Å². The maximum Gasteiger partial charge on any atom is 0.307 e. The monoisotopic (exact) mass is 338 g/mol. The second kappa shape index (κ2) is 8.07. The number of carbonyl (C=O) groups excluding carboxylic acids is 1. The third kappa shape index (κ3) is 5.20. The van der Waals surface area contributed by atoms with Crippen molar-refractivity contribution in [2.45, 2.75) is 12.8 Å². The Morgan fingerprint density at radius 3 is 2.95 bits per heavy atom. The van der Waals surface area contributed by atoms with Gasteiger partial charge in [-0.3, -0.25) is 14.9 Å². The number of nitriles is 1. The Bertz CT molecular complexity index is 578. The molecule has 0 aliphatic heterocycles. The van der Waals surface area contributed by atoms with Crippen molar-refractivity contribution in [3.05, 3.63) is 44.4 Å². The fraction of sp³-hybridized carbons (Fsp3) is 0.231. The summed E-state index contributed by atoms with van der Waals surface area (Å²) >= 11 is 3.17. The molecule has 1 aromatic rings. The molecule has 0 N–H and O–H groups in total. The van der Waals surface area contributed by atoms with Gasteiger partial charge in [0.05, 0.1) is 23.0 Å². The fourth-order valence-electron chi connectivity index (χ4n) is 1.36. The van der Waals surface area contributed by atoms with Crippen LogP contribution < -0.4 is 0 Å². The first-order valence-electron chi connectivity index (χ1n) is 5.67. The number of benzene rings is 1. The van der Waals surface area contributed by atoms with Crippen LogP contribution in [-0.4, -0.2) is 17.5 Å². The van der Waals surface area contributed by atoms with Crippen molar-refractivity contribution in [3.8, 4) is 6.07 Å². The molecule has 20 heavy (non-hydrogen) atoms. The highest BCUT2D eigenvalue weighted by molar-refractivity contribution is 9.10. The molecule has 0 fully saturated rings. The second-order valence-electron chi connectivity index (χ2n) is 3.70. The van der Waals surface area contributed by atoms with Crippen molar-refractivity contribution < 1.29 is 14.5 Å². The van der Waals surface area contributed by atoms with E-state index < -0.39 is 10.9 Å². The molecule has 0 spiro atoms. The topological polar surface area (TPSA) is 93.2 Å². The summed E-state index contributed by atoms with van der Waals surface area (Å²) in [5.74, 6) is -0.471. The summed E-state index contributed by atoms with van der Waals surface area (Å²) in [6.45, 7) is 0.0114. The number of hydrogen-bond acceptors (Lipinski definition) is 5. The summed E-state index contributed by atoms with van der Waals surface area (Å²) < 4.78 is 5.45. The number of carbonyl (C=O) groups is 1. The average Bonchev–Trinajstić information content (AvgIpc) is 2.42. The van der Waals surface area contributed by atoms with Crippen LogP contribution in [0.1, 0.15) is 18.4 Å². The Hall–Kier alpha value is -2.20. The maximum absolute atomic E-state index is 11.1. The molecule has 104 valence electrons. The summed E-state index contributed by atoms with van der Waals surface area (Å²) in [6, 6.07) is 6.52. The molecule has 1 rings (SSSR count). The largest absolute Gasteiger partial charge is 0.461 e. The fourth-order valence-corrected chi connectivity index (χ4v) is 1.71. The van der Waals surface area contributed by atoms with E-state index in [4.69, 9.17) is 10.00 Å². The third-order valence-corrected chi connectivity index (χ3v) is 2.76. The van der Waals surface area contributed by atoms with E-state index >= 15 is 0 Å². The van der Waals surface area contributed by atoms with Crippen LogP contribution in [0.15, 0.2) is 28.7 Å². The van der Waals surface area contributed by atoms with E-state index in [1.807, 2.05) is 6.07 Å². The molecule has 0 aromatic heterocycles. The Morgan fingerprint density at radius 2 is 2.30 bits per heavy atom. The van der Waals surface area contributed by atoms with E-state index in [2.05, 4.69) is 15.9 Å². The van der Waals surface area contributed by atoms with E-state index in [0.717, 1.165) is 0 Å². The lowest BCUT2D eigenvalue weighted by Crippen LogP contribution is -2.03. The highest BCUT2D eigenvalue weighted by Gasteiger charge is 2.11. The van der Waals surface area contributed by atoms with E-state index in [9.17, 15) is 14.9 Å². The summed E-state index contributed by atoms with van der Waals surface area (Å²) in [6.07, 6.45) is 3.19. The van der Waals surface area contributed by atoms with Gasteiger partial charge in [0.15, 0.2) is 0 Å². The van der Waals surface area contributed by atoms with Crippen molar-refractivity contribution in [3.63, 3.8) is 0 Å². The number of rotatable bonds is 6. The number of halogens is 1. The summed E-state index contributed by atoms with van der Waals surface area (Å²) in [5.41, 5.74) is 0.387. The Labute approximate surface area is 123 Å². The van der Waals surface area contributed by atoms with Crippen LogP contribution in [0.3, 0.4) is 0 Å². The van der Waals surface area contributed by atoms with Gasteiger partial charge < -0.3 is 4.74 Å².